The molecule has 190 valence electrons. The maximum Gasteiger partial charge on any atom is 0.133 e. The van der Waals surface area contributed by atoms with E-state index in [1.54, 1.807) is 26.6 Å². The lowest BCUT2D eigenvalue weighted by molar-refractivity contribution is 0.386. The first-order valence-electron chi connectivity index (χ1n) is 10.9. The van der Waals surface area contributed by atoms with E-state index in [-0.39, 0.29) is 0 Å². The fourth-order valence-electron chi connectivity index (χ4n) is 3.49. The Hall–Kier alpha value is -3.18. The van der Waals surface area contributed by atoms with Gasteiger partial charge in [0.2, 0.25) is 0 Å². The van der Waals surface area contributed by atoms with Gasteiger partial charge in [-0.15, -0.1) is 0 Å². The zero-order valence-corrected chi connectivity index (χ0v) is 23.3. The van der Waals surface area contributed by atoms with Crippen LogP contribution in [0.3, 0.4) is 0 Å². The Morgan fingerprint density at radius 2 is 1.06 bits per heavy atom. The molecule has 36 heavy (non-hydrogen) atoms. The number of hydrazine groups is 2. The third kappa shape index (κ3) is 7.41. The van der Waals surface area contributed by atoms with Crippen LogP contribution < -0.4 is 32.6 Å². The van der Waals surface area contributed by atoms with Crippen LogP contribution in [0.2, 0.25) is 0 Å². The third-order valence-corrected chi connectivity index (χ3v) is 6.56. The van der Waals surface area contributed by atoms with Crippen LogP contribution in [-0.4, -0.2) is 24.2 Å². The Bertz CT molecular complexity index is 1150. The molecule has 0 aliphatic carbocycles. The van der Waals surface area contributed by atoms with Crippen molar-refractivity contribution in [3.05, 3.63) is 104 Å². The van der Waals surface area contributed by atoms with Crippen LogP contribution in [0, 0.1) is 0 Å². The molecule has 0 atom stereocenters. The standard InChI is InChI=1S/C26H30Br2N6O2/c1-35-25-9-3-17(11-21(25)27)13-33(31)15-23(29)19-5-7-20(8-6-19)24(30)16-34(32)14-18-4-10-26(36-2)22(28)12-18/h3-12,15-16H,13-14,29-32H2,1-2H3/b23-15-,24-16-. The van der Waals surface area contributed by atoms with Gasteiger partial charge in [-0.05, 0) is 78.4 Å². The Morgan fingerprint density at radius 3 is 1.36 bits per heavy atom. The number of benzene rings is 3. The number of halogens is 2. The molecule has 3 aromatic rings. The lowest BCUT2D eigenvalue weighted by atomic mass is 10.1. The molecule has 0 heterocycles. The first-order valence-corrected chi connectivity index (χ1v) is 12.5. The second-order valence-corrected chi connectivity index (χ2v) is 9.74. The molecule has 0 aliphatic heterocycles. The van der Waals surface area contributed by atoms with E-state index in [0.29, 0.717) is 24.5 Å². The molecule has 0 saturated carbocycles. The summed E-state index contributed by atoms with van der Waals surface area (Å²) < 4.78 is 12.2. The van der Waals surface area contributed by atoms with Crippen molar-refractivity contribution in [3.63, 3.8) is 0 Å². The molecule has 0 aromatic heterocycles. The molecule has 10 heteroatoms. The van der Waals surface area contributed by atoms with E-state index in [9.17, 15) is 0 Å². The van der Waals surface area contributed by atoms with Crippen LogP contribution in [-0.2, 0) is 13.1 Å². The molecular formula is C26H30Br2N6O2. The molecule has 0 bridgehead atoms. The van der Waals surface area contributed by atoms with Gasteiger partial charge in [0.15, 0.2) is 0 Å². The van der Waals surface area contributed by atoms with Gasteiger partial charge in [-0.25, -0.2) is 11.7 Å². The van der Waals surface area contributed by atoms with E-state index in [1.807, 2.05) is 60.7 Å². The van der Waals surface area contributed by atoms with Crippen molar-refractivity contribution in [2.75, 3.05) is 14.2 Å². The lowest BCUT2D eigenvalue weighted by Crippen LogP contribution is -2.26. The van der Waals surface area contributed by atoms with Gasteiger partial charge in [-0.1, -0.05) is 36.4 Å². The van der Waals surface area contributed by atoms with Gasteiger partial charge in [0.25, 0.3) is 0 Å². The zero-order valence-electron chi connectivity index (χ0n) is 20.1. The van der Waals surface area contributed by atoms with Crippen molar-refractivity contribution in [2.24, 2.45) is 23.2 Å². The number of hydrogen-bond acceptors (Lipinski definition) is 8. The van der Waals surface area contributed by atoms with Gasteiger partial charge in [-0.3, -0.25) is 0 Å². The van der Waals surface area contributed by atoms with Crippen molar-refractivity contribution >= 4 is 43.3 Å². The Morgan fingerprint density at radius 1 is 0.694 bits per heavy atom. The minimum atomic E-state index is 0.480. The third-order valence-electron chi connectivity index (χ3n) is 5.32. The molecule has 0 aliphatic rings. The fraction of sp³-hybridized carbons (Fsp3) is 0.154. The first kappa shape index (κ1) is 27.4. The molecule has 3 rings (SSSR count). The van der Waals surface area contributed by atoms with E-state index in [1.165, 1.54) is 10.0 Å². The minimum Gasteiger partial charge on any atom is -0.496 e. The summed E-state index contributed by atoms with van der Waals surface area (Å²) in [6, 6.07) is 19.1. The van der Waals surface area contributed by atoms with Gasteiger partial charge < -0.3 is 31.0 Å². The van der Waals surface area contributed by atoms with E-state index in [0.717, 1.165) is 42.7 Å². The Balaban J connectivity index is 1.63. The predicted molar refractivity (Wildman–Crippen MR) is 152 cm³/mol. The monoisotopic (exact) mass is 616 g/mol. The quantitative estimate of drug-likeness (QED) is 0.193. The molecule has 0 saturated heterocycles. The van der Waals surface area contributed by atoms with Gasteiger partial charge in [0.1, 0.15) is 11.5 Å². The predicted octanol–water partition coefficient (Wildman–Crippen LogP) is 4.49. The van der Waals surface area contributed by atoms with Crippen molar-refractivity contribution < 1.29 is 9.47 Å². The topological polar surface area (TPSA) is 129 Å². The summed E-state index contributed by atoms with van der Waals surface area (Å²) in [6.07, 6.45) is 3.39. The fourth-order valence-corrected chi connectivity index (χ4v) is 4.67. The highest BCUT2D eigenvalue weighted by Gasteiger charge is 2.07. The van der Waals surface area contributed by atoms with Crippen molar-refractivity contribution in [2.45, 2.75) is 13.1 Å². The second kappa shape index (κ2) is 12.7. The zero-order chi connectivity index (χ0) is 26.2. The molecular weight excluding hydrogens is 588 g/mol. The van der Waals surface area contributed by atoms with Crippen LogP contribution in [0.5, 0.6) is 11.5 Å². The molecule has 0 spiro atoms. The Kier molecular flexibility index (Phi) is 9.65. The minimum absolute atomic E-state index is 0.480. The van der Waals surface area contributed by atoms with Crippen molar-refractivity contribution in [3.8, 4) is 11.5 Å². The number of methoxy groups -OCH3 is 2. The maximum atomic E-state index is 6.27. The van der Waals surface area contributed by atoms with Gasteiger partial charge in [0.05, 0.1) is 47.6 Å². The lowest BCUT2D eigenvalue weighted by Gasteiger charge is -2.17. The molecule has 3 aromatic carbocycles. The number of nitrogens with two attached hydrogens (primary N) is 4. The highest BCUT2D eigenvalue weighted by Crippen LogP contribution is 2.27. The maximum absolute atomic E-state index is 6.27. The van der Waals surface area contributed by atoms with Crippen LogP contribution in [0.25, 0.3) is 11.4 Å². The van der Waals surface area contributed by atoms with Crippen LogP contribution >= 0.6 is 31.9 Å². The number of nitrogens with zero attached hydrogens (tertiary/aromatic N) is 2. The summed E-state index contributed by atoms with van der Waals surface area (Å²) in [5.74, 6) is 13.8. The van der Waals surface area contributed by atoms with Crippen LogP contribution in [0.15, 0.2) is 82.0 Å². The van der Waals surface area contributed by atoms with Gasteiger partial charge >= 0.3 is 0 Å². The van der Waals surface area contributed by atoms with E-state index in [4.69, 9.17) is 32.6 Å². The Labute approximate surface area is 228 Å². The van der Waals surface area contributed by atoms with Crippen molar-refractivity contribution in [1.82, 2.24) is 10.0 Å². The van der Waals surface area contributed by atoms with Gasteiger partial charge in [-0.2, -0.15) is 0 Å². The molecule has 0 fully saturated rings. The molecule has 8 N–H and O–H groups in total. The summed E-state index contributed by atoms with van der Waals surface area (Å²) in [7, 11) is 3.25. The highest BCUT2D eigenvalue weighted by atomic mass is 79.9. The molecule has 0 radical (unpaired) electrons. The highest BCUT2D eigenvalue weighted by molar-refractivity contribution is 9.10. The van der Waals surface area contributed by atoms with Gasteiger partial charge in [0, 0.05) is 12.4 Å². The SMILES string of the molecule is COc1ccc(CN(N)/C=C(\N)c2ccc(/C(N)=C/N(N)Cc3ccc(OC)c(Br)c3)cc2)cc1Br. The number of hydrogen-bond donors (Lipinski definition) is 4. The summed E-state index contributed by atoms with van der Waals surface area (Å²) in [5.41, 5.74) is 17.3. The van der Waals surface area contributed by atoms with E-state index in [2.05, 4.69) is 31.9 Å². The molecule has 0 unspecified atom stereocenters. The summed E-state index contributed by atoms with van der Waals surface area (Å²) in [6.45, 7) is 0.961. The van der Waals surface area contributed by atoms with E-state index >= 15 is 0 Å². The summed E-state index contributed by atoms with van der Waals surface area (Å²) in [4.78, 5) is 0. The smallest absolute Gasteiger partial charge is 0.133 e. The normalized spacial score (nSPS) is 11.8. The molecule has 0 amide bonds. The average molecular weight is 618 g/mol. The summed E-state index contributed by atoms with van der Waals surface area (Å²) >= 11 is 6.97. The summed E-state index contributed by atoms with van der Waals surface area (Å²) in [5, 5.41) is 3.07. The number of rotatable bonds is 10. The van der Waals surface area contributed by atoms with Crippen LogP contribution in [0.1, 0.15) is 22.3 Å². The average Bonchev–Trinajstić information content (AvgIpc) is 2.84. The first-order chi connectivity index (χ1) is 17.2. The van der Waals surface area contributed by atoms with Crippen molar-refractivity contribution in [1.29, 1.82) is 0 Å². The van der Waals surface area contributed by atoms with E-state index < -0.39 is 0 Å². The second-order valence-electron chi connectivity index (χ2n) is 8.03. The number of ether oxygens (including phenoxy) is 2. The van der Waals surface area contributed by atoms with Crippen LogP contribution in [0.4, 0.5) is 0 Å². The molecule has 8 nitrogen and oxygen atoms in total. The largest absolute Gasteiger partial charge is 0.496 e.